The summed E-state index contributed by atoms with van der Waals surface area (Å²) in [5.74, 6) is 1.35. The summed E-state index contributed by atoms with van der Waals surface area (Å²) in [5, 5.41) is 3.11. The number of hydrogen-bond acceptors (Lipinski definition) is 3. The Kier molecular flexibility index (Phi) is 5.67. The van der Waals surface area contributed by atoms with Gasteiger partial charge in [-0.2, -0.15) is 0 Å². The number of benzene rings is 2. The van der Waals surface area contributed by atoms with Gasteiger partial charge in [-0.25, -0.2) is 4.98 Å². The lowest BCUT2D eigenvalue weighted by molar-refractivity contribution is -0.121. The van der Waals surface area contributed by atoms with Gasteiger partial charge in [-0.3, -0.25) is 9.69 Å². The van der Waals surface area contributed by atoms with Crippen molar-refractivity contribution in [2.24, 2.45) is 5.92 Å². The molecule has 0 unspecified atom stereocenters. The molecule has 5 nitrogen and oxygen atoms in total. The average molecular weight is 391 g/mol. The van der Waals surface area contributed by atoms with Crippen LogP contribution >= 0.6 is 0 Å². The minimum atomic E-state index is 0.0813. The van der Waals surface area contributed by atoms with Crippen molar-refractivity contribution in [3.05, 3.63) is 59.4 Å². The number of imidazole rings is 1. The maximum atomic E-state index is 12.7. The summed E-state index contributed by atoms with van der Waals surface area (Å²) in [6, 6.07) is 14.4. The topological polar surface area (TPSA) is 50.2 Å². The van der Waals surface area contributed by atoms with E-state index in [9.17, 15) is 4.79 Å². The van der Waals surface area contributed by atoms with Crippen molar-refractivity contribution < 1.29 is 4.79 Å². The van der Waals surface area contributed by atoms with Crippen LogP contribution in [-0.2, 0) is 17.9 Å². The number of nitrogens with one attached hydrogen (secondary N) is 1. The van der Waals surface area contributed by atoms with Crippen LogP contribution < -0.4 is 5.32 Å². The minimum Gasteiger partial charge on any atom is -0.327 e. The molecule has 1 aromatic heterocycles. The van der Waals surface area contributed by atoms with Gasteiger partial charge in [-0.1, -0.05) is 18.2 Å². The summed E-state index contributed by atoms with van der Waals surface area (Å²) in [7, 11) is 0. The zero-order valence-electron chi connectivity index (χ0n) is 17.6. The van der Waals surface area contributed by atoms with E-state index in [1.54, 1.807) is 0 Å². The third kappa shape index (κ3) is 4.20. The van der Waals surface area contributed by atoms with Crippen molar-refractivity contribution in [3.63, 3.8) is 0 Å². The lowest BCUT2D eigenvalue weighted by Gasteiger charge is -2.31. The molecular formula is C24H30N4O. The quantitative estimate of drug-likeness (QED) is 0.697. The highest BCUT2D eigenvalue weighted by molar-refractivity contribution is 5.92. The van der Waals surface area contributed by atoms with Gasteiger partial charge < -0.3 is 9.88 Å². The molecule has 1 amide bonds. The number of carbonyl (C=O) groups is 1. The number of aryl methyl sites for hydroxylation is 3. The van der Waals surface area contributed by atoms with Gasteiger partial charge in [-0.05, 0) is 82.1 Å². The van der Waals surface area contributed by atoms with E-state index in [2.05, 4.69) is 65.9 Å². The van der Waals surface area contributed by atoms with Gasteiger partial charge in [0, 0.05) is 18.2 Å². The van der Waals surface area contributed by atoms with E-state index in [4.69, 9.17) is 4.98 Å². The van der Waals surface area contributed by atoms with Crippen molar-refractivity contribution in [2.45, 2.75) is 46.7 Å². The predicted molar refractivity (Wildman–Crippen MR) is 118 cm³/mol. The van der Waals surface area contributed by atoms with E-state index in [-0.39, 0.29) is 11.8 Å². The third-order valence-corrected chi connectivity index (χ3v) is 6.15. The monoisotopic (exact) mass is 390 g/mol. The molecule has 2 aromatic carbocycles. The van der Waals surface area contributed by atoms with Gasteiger partial charge in [0.1, 0.15) is 5.82 Å². The van der Waals surface area contributed by atoms with Crippen LogP contribution in [0, 0.1) is 19.8 Å². The second kappa shape index (κ2) is 8.37. The number of fused-ring (bicyclic) bond motifs is 1. The zero-order valence-corrected chi connectivity index (χ0v) is 17.6. The summed E-state index contributed by atoms with van der Waals surface area (Å²) in [5.41, 5.74) is 5.61. The number of aromatic nitrogens is 2. The van der Waals surface area contributed by atoms with Crippen LogP contribution in [0.15, 0.2) is 42.5 Å². The Balaban J connectivity index is 1.36. The molecule has 1 fully saturated rings. The summed E-state index contributed by atoms with van der Waals surface area (Å²) in [6.45, 7) is 9.95. The molecule has 1 aliphatic heterocycles. The first-order valence-electron chi connectivity index (χ1n) is 10.6. The van der Waals surface area contributed by atoms with E-state index < -0.39 is 0 Å². The minimum absolute atomic E-state index is 0.0813. The number of carbonyl (C=O) groups excluding carboxylic acids is 1. The van der Waals surface area contributed by atoms with E-state index in [1.807, 2.05) is 12.1 Å². The fourth-order valence-electron chi connectivity index (χ4n) is 4.22. The molecule has 152 valence electrons. The first kappa shape index (κ1) is 19.6. The predicted octanol–water partition coefficient (Wildman–Crippen LogP) is 4.52. The fourth-order valence-corrected chi connectivity index (χ4v) is 4.22. The van der Waals surface area contributed by atoms with Crippen LogP contribution in [0.25, 0.3) is 11.0 Å². The number of likely N-dealkylation sites (tertiary alicyclic amines) is 1. The van der Waals surface area contributed by atoms with Gasteiger partial charge in [0.2, 0.25) is 5.91 Å². The summed E-state index contributed by atoms with van der Waals surface area (Å²) < 4.78 is 2.30. The van der Waals surface area contributed by atoms with E-state index in [0.717, 1.165) is 56.0 Å². The molecule has 4 rings (SSSR count). The highest BCUT2D eigenvalue weighted by Gasteiger charge is 2.26. The maximum Gasteiger partial charge on any atom is 0.227 e. The Morgan fingerprint density at radius 3 is 2.59 bits per heavy atom. The van der Waals surface area contributed by atoms with Crippen LogP contribution in [0.5, 0.6) is 0 Å². The zero-order chi connectivity index (χ0) is 20.4. The second-order valence-electron chi connectivity index (χ2n) is 8.10. The van der Waals surface area contributed by atoms with Crippen LogP contribution in [0.4, 0.5) is 5.69 Å². The van der Waals surface area contributed by atoms with E-state index in [1.165, 1.54) is 16.6 Å². The van der Waals surface area contributed by atoms with Crippen LogP contribution in [0.1, 0.15) is 36.7 Å². The van der Waals surface area contributed by atoms with Gasteiger partial charge in [-0.15, -0.1) is 0 Å². The number of nitrogens with zero attached hydrogens (tertiary/aromatic N) is 3. The summed E-state index contributed by atoms with van der Waals surface area (Å²) in [6.07, 6.45) is 1.78. The molecule has 1 aliphatic rings. The Morgan fingerprint density at radius 1 is 1.10 bits per heavy atom. The lowest BCUT2D eigenvalue weighted by atomic mass is 9.95. The molecule has 0 atom stereocenters. The molecular weight excluding hydrogens is 360 g/mol. The highest BCUT2D eigenvalue weighted by Crippen LogP contribution is 2.23. The molecule has 29 heavy (non-hydrogen) atoms. The van der Waals surface area contributed by atoms with Crippen molar-refractivity contribution in [2.75, 3.05) is 18.4 Å². The van der Waals surface area contributed by atoms with E-state index >= 15 is 0 Å². The molecule has 5 heteroatoms. The molecule has 0 bridgehead atoms. The Bertz CT molecular complexity index is 1010. The largest absolute Gasteiger partial charge is 0.327 e. The van der Waals surface area contributed by atoms with Crippen LogP contribution in [0.2, 0.25) is 0 Å². The van der Waals surface area contributed by atoms with Gasteiger partial charge in [0.25, 0.3) is 0 Å². The van der Waals surface area contributed by atoms with Crippen LogP contribution in [-0.4, -0.2) is 33.4 Å². The van der Waals surface area contributed by atoms with Crippen molar-refractivity contribution in [3.8, 4) is 0 Å². The van der Waals surface area contributed by atoms with Gasteiger partial charge in [0.05, 0.1) is 17.6 Å². The number of piperidine rings is 1. The molecule has 2 heterocycles. The highest BCUT2D eigenvalue weighted by atomic mass is 16.1. The number of amides is 1. The Morgan fingerprint density at radius 2 is 1.86 bits per heavy atom. The number of para-hydroxylation sites is 2. The standard InChI is InChI=1S/C24H30N4O/c1-4-28-22-8-6-5-7-21(22)26-23(28)16-27-13-11-19(12-14-27)24(29)25-20-10-9-17(2)18(3)15-20/h5-10,15,19H,4,11-14,16H2,1-3H3,(H,25,29). The maximum absolute atomic E-state index is 12.7. The first-order chi connectivity index (χ1) is 14.0. The van der Waals surface area contributed by atoms with Crippen molar-refractivity contribution in [1.82, 2.24) is 14.5 Å². The molecule has 0 saturated carbocycles. The molecule has 1 N–H and O–H groups in total. The van der Waals surface area contributed by atoms with Crippen molar-refractivity contribution in [1.29, 1.82) is 0 Å². The average Bonchev–Trinajstić information content (AvgIpc) is 3.08. The third-order valence-electron chi connectivity index (χ3n) is 6.15. The molecule has 0 spiro atoms. The van der Waals surface area contributed by atoms with E-state index in [0.29, 0.717) is 0 Å². The molecule has 1 saturated heterocycles. The second-order valence-corrected chi connectivity index (χ2v) is 8.10. The normalized spacial score (nSPS) is 15.7. The fraction of sp³-hybridized carbons (Fsp3) is 0.417. The Labute approximate surface area is 172 Å². The van der Waals surface area contributed by atoms with Crippen LogP contribution in [0.3, 0.4) is 0 Å². The van der Waals surface area contributed by atoms with Gasteiger partial charge in [0.15, 0.2) is 0 Å². The van der Waals surface area contributed by atoms with Gasteiger partial charge >= 0.3 is 0 Å². The SMILES string of the molecule is CCn1c(CN2CCC(C(=O)Nc3ccc(C)c(C)c3)CC2)nc2ccccc21. The number of rotatable bonds is 5. The molecule has 0 aliphatic carbocycles. The number of hydrogen-bond donors (Lipinski definition) is 1. The number of anilines is 1. The molecule has 0 radical (unpaired) electrons. The van der Waals surface area contributed by atoms with Crippen molar-refractivity contribution >= 4 is 22.6 Å². The molecule has 3 aromatic rings. The smallest absolute Gasteiger partial charge is 0.227 e. The first-order valence-corrected chi connectivity index (χ1v) is 10.6. The Hall–Kier alpha value is -2.66. The summed E-state index contributed by atoms with van der Waals surface area (Å²) >= 11 is 0. The summed E-state index contributed by atoms with van der Waals surface area (Å²) in [4.78, 5) is 20.0. The lowest BCUT2D eigenvalue weighted by Crippen LogP contribution is -2.38.